The van der Waals surface area contributed by atoms with E-state index in [0.29, 0.717) is 12.3 Å². The molecule has 0 heterocycles. The van der Waals surface area contributed by atoms with Crippen molar-refractivity contribution in [1.29, 1.82) is 0 Å². The maximum absolute atomic E-state index is 9.56. The van der Waals surface area contributed by atoms with Crippen LogP contribution in [0.5, 0.6) is 5.75 Å². The Morgan fingerprint density at radius 3 is 2.00 bits per heavy atom. The molecule has 2 aromatic carbocycles. The number of nitrogens with two attached hydrogens (primary N) is 1. The highest BCUT2D eigenvalue weighted by atomic mass is 16.3. The molecule has 3 heteroatoms. The molecule has 96 valence electrons. The third kappa shape index (κ3) is 4.57. The molecule has 0 spiro atoms. The van der Waals surface area contributed by atoms with Gasteiger partial charge in [0.25, 0.3) is 0 Å². The molecule has 0 radical (unpaired) electrons. The lowest BCUT2D eigenvalue weighted by Crippen LogP contribution is -2.14. The average Bonchev–Trinajstić information content (AvgIpc) is 2.41. The highest BCUT2D eigenvalue weighted by molar-refractivity contribution is 5.69. The van der Waals surface area contributed by atoms with E-state index in [4.69, 9.17) is 10.8 Å². The number of aliphatic hydroxyl groups excluding tert-OH is 1. The minimum Gasteiger partial charge on any atom is -0.507 e. The molecule has 2 rings (SSSR count). The predicted molar refractivity (Wildman–Crippen MR) is 74.3 cm³/mol. The van der Waals surface area contributed by atoms with Gasteiger partial charge >= 0.3 is 0 Å². The van der Waals surface area contributed by atoms with E-state index >= 15 is 0 Å². The van der Waals surface area contributed by atoms with Crippen LogP contribution in [0.1, 0.15) is 6.92 Å². The molecular weight excluding hydrogens is 226 g/mol. The first-order valence-electron chi connectivity index (χ1n) is 5.86. The maximum atomic E-state index is 9.56. The first-order valence-corrected chi connectivity index (χ1v) is 5.86. The lowest BCUT2D eigenvalue weighted by Gasteiger charge is -2.02. The zero-order chi connectivity index (χ0) is 13.4. The SMILES string of the molecule is CC(O)CN.Oc1ccccc1-c1ccccc1. The van der Waals surface area contributed by atoms with Gasteiger partial charge < -0.3 is 15.9 Å². The first kappa shape index (κ1) is 14.2. The van der Waals surface area contributed by atoms with E-state index in [1.165, 1.54) is 0 Å². The molecule has 0 amide bonds. The Kier molecular flexibility index (Phi) is 5.91. The van der Waals surface area contributed by atoms with Gasteiger partial charge in [-0.15, -0.1) is 0 Å². The van der Waals surface area contributed by atoms with Gasteiger partial charge in [-0.2, -0.15) is 0 Å². The van der Waals surface area contributed by atoms with Gasteiger partial charge in [0.15, 0.2) is 0 Å². The third-order valence-corrected chi connectivity index (χ3v) is 2.33. The van der Waals surface area contributed by atoms with E-state index in [1.54, 1.807) is 13.0 Å². The largest absolute Gasteiger partial charge is 0.507 e. The van der Waals surface area contributed by atoms with Crippen LogP contribution >= 0.6 is 0 Å². The number of phenolic OH excluding ortho intramolecular Hbond substituents is 1. The molecule has 0 aromatic heterocycles. The van der Waals surface area contributed by atoms with Crippen molar-refractivity contribution in [2.24, 2.45) is 5.73 Å². The van der Waals surface area contributed by atoms with Gasteiger partial charge in [0.2, 0.25) is 0 Å². The highest BCUT2D eigenvalue weighted by Crippen LogP contribution is 2.27. The molecule has 0 saturated carbocycles. The monoisotopic (exact) mass is 245 g/mol. The molecule has 1 unspecified atom stereocenters. The molecular formula is C15H19NO2. The number of para-hydroxylation sites is 1. The number of hydrogen-bond donors (Lipinski definition) is 3. The summed E-state index contributed by atoms with van der Waals surface area (Å²) in [5.74, 6) is 0.328. The normalized spacial score (nSPS) is 11.3. The lowest BCUT2D eigenvalue weighted by molar-refractivity contribution is 0.203. The molecule has 3 nitrogen and oxygen atoms in total. The van der Waals surface area contributed by atoms with Crippen LogP contribution in [0.2, 0.25) is 0 Å². The standard InChI is InChI=1S/C12H10O.C3H9NO/c13-12-9-5-4-8-11(12)10-6-2-1-3-7-10;1-3(5)2-4/h1-9,13H;3,5H,2,4H2,1H3. The molecule has 0 aliphatic carbocycles. The van der Waals surface area contributed by atoms with Crippen LogP contribution in [0.15, 0.2) is 54.6 Å². The summed E-state index contributed by atoms with van der Waals surface area (Å²) >= 11 is 0. The van der Waals surface area contributed by atoms with Crippen molar-refractivity contribution in [3.8, 4) is 16.9 Å². The van der Waals surface area contributed by atoms with E-state index in [1.807, 2.05) is 48.5 Å². The number of phenols is 1. The topological polar surface area (TPSA) is 66.5 Å². The summed E-state index contributed by atoms with van der Waals surface area (Å²) in [6.07, 6.45) is -0.338. The van der Waals surface area contributed by atoms with Crippen molar-refractivity contribution in [2.45, 2.75) is 13.0 Å². The van der Waals surface area contributed by atoms with Crippen molar-refractivity contribution in [1.82, 2.24) is 0 Å². The maximum Gasteiger partial charge on any atom is 0.123 e. The summed E-state index contributed by atoms with van der Waals surface area (Å²) in [6.45, 7) is 2.01. The summed E-state index contributed by atoms with van der Waals surface area (Å²) in [4.78, 5) is 0. The number of benzene rings is 2. The molecule has 0 bridgehead atoms. The molecule has 18 heavy (non-hydrogen) atoms. The number of rotatable bonds is 2. The van der Waals surface area contributed by atoms with Gasteiger partial charge in [-0.05, 0) is 18.6 Å². The summed E-state index contributed by atoms with van der Waals surface area (Å²) in [7, 11) is 0. The quantitative estimate of drug-likeness (QED) is 0.761. The van der Waals surface area contributed by atoms with Crippen LogP contribution in [0, 0.1) is 0 Å². The van der Waals surface area contributed by atoms with Gasteiger partial charge in [-0.1, -0.05) is 48.5 Å². The zero-order valence-electron chi connectivity index (χ0n) is 10.5. The molecule has 0 saturated heterocycles. The highest BCUT2D eigenvalue weighted by Gasteiger charge is 2.00. The number of aliphatic hydroxyl groups is 1. The summed E-state index contributed by atoms with van der Waals surface area (Å²) in [5.41, 5.74) is 6.84. The second kappa shape index (κ2) is 7.48. The first-order chi connectivity index (χ1) is 8.65. The molecule has 4 N–H and O–H groups in total. The Balaban J connectivity index is 0.000000280. The lowest BCUT2D eigenvalue weighted by atomic mass is 10.1. The van der Waals surface area contributed by atoms with Gasteiger partial charge in [0.1, 0.15) is 5.75 Å². The van der Waals surface area contributed by atoms with E-state index in [-0.39, 0.29) is 6.10 Å². The van der Waals surface area contributed by atoms with Crippen LogP contribution in [0.3, 0.4) is 0 Å². The predicted octanol–water partition coefficient (Wildman–Crippen LogP) is 2.39. The van der Waals surface area contributed by atoms with Gasteiger partial charge in [0, 0.05) is 12.1 Å². The summed E-state index contributed by atoms with van der Waals surface area (Å²) < 4.78 is 0. The Morgan fingerprint density at radius 1 is 1.00 bits per heavy atom. The number of aromatic hydroxyl groups is 1. The minimum atomic E-state index is -0.338. The zero-order valence-corrected chi connectivity index (χ0v) is 10.5. The fourth-order valence-electron chi connectivity index (χ4n) is 1.34. The second-order valence-corrected chi connectivity index (χ2v) is 3.97. The van der Waals surface area contributed by atoms with E-state index in [2.05, 4.69) is 0 Å². The minimum absolute atomic E-state index is 0.328. The Morgan fingerprint density at radius 2 is 1.50 bits per heavy atom. The van der Waals surface area contributed by atoms with Crippen LogP contribution in [-0.2, 0) is 0 Å². The van der Waals surface area contributed by atoms with Crippen LogP contribution in [-0.4, -0.2) is 22.9 Å². The van der Waals surface area contributed by atoms with Crippen LogP contribution < -0.4 is 5.73 Å². The third-order valence-electron chi connectivity index (χ3n) is 2.33. The van der Waals surface area contributed by atoms with Gasteiger partial charge in [0.05, 0.1) is 6.10 Å². The van der Waals surface area contributed by atoms with E-state index in [9.17, 15) is 5.11 Å². The average molecular weight is 245 g/mol. The molecule has 0 aliphatic heterocycles. The smallest absolute Gasteiger partial charge is 0.123 e. The van der Waals surface area contributed by atoms with Crippen molar-refractivity contribution in [2.75, 3.05) is 6.54 Å². The fourth-order valence-corrected chi connectivity index (χ4v) is 1.34. The number of hydrogen-bond acceptors (Lipinski definition) is 3. The summed E-state index contributed by atoms with van der Waals surface area (Å²) in [5, 5.41) is 17.8. The Hall–Kier alpha value is -1.84. The molecule has 0 fully saturated rings. The molecule has 0 aliphatic rings. The van der Waals surface area contributed by atoms with Crippen molar-refractivity contribution < 1.29 is 10.2 Å². The van der Waals surface area contributed by atoms with Crippen LogP contribution in [0.4, 0.5) is 0 Å². The van der Waals surface area contributed by atoms with Gasteiger partial charge in [-0.25, -0.2) is 0 Å². The van der Waals surface area contributed by atoms with E-state index in [0.717, 1.165) is 11.1 Å². The second-order valence-electron chi connectivity index (χ2n) is 3.97. The molecule has 1 atom stereocenters. The van der Waals surface area contributed by atoms with Gasteiger partial charge in [-0.3, -0.25) is 0 Å². The van der Waals surface area contributed by atoms with Crippen LogP contribution in [0.25, 0.3) is 11.1 Å². The van der Waals surface area contributed by atoms with E-state index < -0.39 is 0 Å². The summed E-state index contributed by atoms with van der Waals surface area (Å²) in [6, 6.07) is 17.2. The van der Waals surface area contributed by atoms with Crippen molar-refractivity contribution in [3.63, 3.8) is 0 Å². The fraction of sp³-hybridized carbons (Fsp3) is 0.200. The van der Waals surface area contributed by atoms with Crippen molar-refractivity contribution >= 4 is 0 Å². The Bertz CT molecular complexity index is 455. The Labute approximate surface area is 108 Å². The molecule has 2 aromatic rings. The van der Waals surface area contributed by atoms with Crippen molar-refractivity contribution in [3.05, 3.63) is 54.6 Å².